The predicted molar refractivity (Wildman–Crippen MR) is 263 cm³/mol. The van der Waals surface area contributed by atoms with Gasteiger partial charge in [-0.25, -0.2) is 9.59 Å². The van der Waals surface area contributed by atoms with Crippen LogP contribution < -0.4 is 43.4 Å². The van der Waals surface area contributed by atoms with Crippen molar-refractivity contribution in [2.24, 2.45) is 28.3 Å². The number of thioether (sulfide) groups is 1. The number of allylic oxidation sites excluding steroid dienone is 2. The van der Waals surface area contributed by atoms with Crippen molar-refractivity contribution in [2.75, 3.05) is 32.7 Å². The normalized spacial score (nSPS) is 24.4. The van der Waals surface area contributed by atoms with E-state index >= 15 is 0 Å². The fourth-order valence-electron chi connectivity index (χ4n) is 7.06. The number of hydrogen-bond acceptors (Lipinski definition) is 12. The molecule has 70 heavy (non-hydrogen) atoms. The lowest BCUT2D eigenvalue weighted by atomic mass is 9.94. The van der Waals surface area contributed by atoms with Crippen LogP contribution in [0.25, 0.3) is 0 Å². The van der Waals surface area contributed by atoms with Gasteiger partial charge in [-0.15, -0.1) is 0 Å². The number of guanidine groups is 1. The van der Waals surface area contributed by atoms with Crippen LogP contribution in [0.1, 0.15) is 71.8 Å². The Hall–Kier alpha value is -6.75. The smallest absolute Gasteiger partial charge is 0.326 e. The first kappa shape index (κ1) is 59.4. The number of aliphatic carboxylic acids is 2. The molecule has 386 valence electrons. The highest BCUT2D eigenvalue weighted by molar-refractivity contribution is 7.98. The van der Waals surface area contributed by atoms with E-state index < -0.39 is 120 Å². The Morgan fingerprint density at radius 3 is 2.11 bits per heavy atom. The summed E-state index contributed by atoms with van der Waals surface area (Å²) >= 11 is 1.33. The summed E-state index contributed by atoms with van der Waals surface area (Å²) in [6, 6.07) is 1.08. The first-order chi connectivity index (χ1) is 33.0. The average molecular weight is 999 g/mol. The zero-order valence-electron chi connectivity index (χ0n) is 40.8. The number of nitrogens with two attached hydrogens (primary N) is 2. The Morgan fingerprint density at radius 2 is 1.51 bits per heavy atom. The van der Waals surface area contributed by atoms with Gasteiger partial charge in [0.15, 0.2) is 5.96 Å². The molecule has 0 aromatic heterocycles. The molecule has 1 aliphatic heterocycles. The van der Waals surface area contributed by atoms with Crippen LogP contribution in [0, 0.1) is 11.8 Å². The van der Waals surface area contributed by atoms with Crippen LogP contribution in [0.3, 0.4) is 0 Å². The Bertz CT molecular complexity index is 2120. The molecule has 1 aliphatic rings. The highest BCUT2D eigenvalue weighted by atomic mass is 32.2. The summed E-state index contributed by atoms with van der Waals surface area (Å²) in [5, 5.41) is 35.1. The maximum atomic E-state index is 14.3. The van der Waals surface area contributed by atoms with Crippen LogP contribution >= 0.6 is 11.8 Å². The molecule has 2 rings (SSSR count). The largest absolute Gasteiger partial charge is 0.480 e. The van der Waals surface area contributed by atoms with Crippen LogP contribution in [-0.2, 0) is 54.3 Å². The minimum atomic E-state index is -1.85. The summed E-state index contributed by atoms with van der Waals surface area (Å²) in [4.78, 5) is 125. The molecule has 1 heterocycles. The van der Waals surface area contributed by atoms with Crippen LogP contribution in [0.5, 0.6) is 0 Å². The summed E-state index contributed by atoms with van der Waals surface area (Å²) in [6.45, 7) is 10.2. The lowest BCUT2D eigenvalue weighted by molar-refractivity contribution is -0.144. The third kappa shape index (κ3) is 20.5. The van der Waals surface area contributed by atoms with Crippen LogP contribution in [0.4, 0.5) is 0 Å². The second-order valence-electron chi connectivity index (χ2n) is 17.0. The highest BCUT2D eigenvalue weighted by Gasteiger charge is 2.34. The predicted octanol–water partition coefficient (Wildman–Crippen LogP) is 0.0794. The number of aliphatic imine (C=N–C) groups is 1. The van der Waals surface area contributed by atoms with Crippen molar-refractivity contribution in [1.29, 1.82) is 0 Å². The van der Waals surface area contributed by atoms with Crippen molar-refractivity contribution in [3.8, 4) is 0 Å². The third-order valence-corrected chi connectivity index (χ3v) is 12.1. The van der Waals surface area contributed by atoms with Gasteiger partial charge in [0.05, 0.1) is 24.5 Å². The molecule has 9 atom stereocenters. The van der Waals surface area contributed by atoms with Gasteiger partial charge in [0, 0.05) is 33.0 Å². The van der Waals surface area contributed by atoms with Gasteiger partial charge < -0.3 is 63.2 Å². The standard InChI is InChI=1S/C47H70N10O12S/c1-26(23-27(2)37(69-7)24-31-13-10-9-11-14-31)16-17-32-28(3)40(60)55-35(45(65)66)18-19-39(59)57(6)30(5)42(62)51-29(4)41(61)54-34(20-22-70-8)44(64)56-36(46(67)68)25-38(58)52-33(43(63)53-32)15-12-21-50-47(48)49/h9-11,13-14,16-17,23,27-29,32-37H,5,12,15,18-22,24-25H2,1-4,6-8H3,(H,51,62)(H,52,58)(H,53,63)(H,54,61)(H,55,60)(H,56,64)(H,65,66)(H,67,68)(H4,48,49,50)/b17-16+,26-23+/t27-,28-,29+,32-,33-,34-,35+,36+,37-/m0/s1. The number of rotatable bonds is 16. The Balaban J connectivity index is 2.68. The molecule has 0 aliphatic carbocycles. The van der Waals surface area contributed by atoms with E-state index in [-0.39, 0.29) is 43.8 Å². The molecule has 1 aromatic rings. The lowest BCUT2D eigenvalue weighted by Crippen LogP contribution is -2.56. The molecule has 0 saturated carbocycles. The average Bonchev–Trinajstić information content (AvgIpc) is 3.31. The van der Waals surface area contributed by atoms with Crippen molar-refractivity contribution in [3.63, 3.8) is 0 Å². The van der Waals surface area contributed by atoms with Crippen molar-refractivity contribution < 1.29 is 58.1 Å². The van der Waals surface area contributed by atoms with E-state index in [1.165, 1.54) is 38.7 Å². The van der Waals surface area contributed by atoms with E-state index in [0.29, 0.717) is 17.7 Å². The molecule has 0 spiro atoms. The van der Waals surface area contributed by atoms with Crippen LogP contribution in [0.15, 0.2) is 71.4 Å². The molecule has 1 fully saturated rings. The van der Waals surface area contributed by atoms with Gasteiger partial charge in [-0.2, -0.15) is 11.8 Å². The van der Waals surface area contributed by atoms with Crippen LogP contribution in [-0.4, -0.2) is 149 Å². The monoisotopic (exact) mass is 998 g/mol. The number of carbonyl (C=O) groups excluding carboxylic acids is 7. The van der Waals surface area contributed by atoms with Gasteiger partial charge in [-0.3, -0.25) is 38.6 Å². The fourth-order valence-corrected chi connectivity index (χ4v) is 7.53. The number of nitrogens with zero attached hydrogens (tertiary/aromatic N) is 2. The van der Waals surface area contributed by atoms with Crippen molar-refractivity contribution >= 4 is 71.0 Å². The fraction of sp³-hybridized carbons (Fsp3) is 0.532. The van der Waals surface area contributed by atoms with Crippen molar-refractivity contribution in [3.05, 3.63) is 72.0 Å². The highest BCUT2D eigenvalue weighted by Crippen LogP contribution is 2.18. The maximum Gasteiger partial charge on any atom is 0.326 e. The molecule has 1 aromatic carbocycles. The van der Waals surface area contributed by atoms with E-state index in [9.17, 15) is 53.4 Å². The number of benzene rings is 1. The molecule has 0 radical (unpaired) electrons. The minimum Gasteiger partial charge on any atom is -0.480 e. The Kier molecular flexibility index (Phi) is 25.4. The van der Waals surface area contributed by atoms with Crippen molar-refractivity contribution in [1.82, 2.24) is 36.8 Å². The van der Waals surface area contributed by atoms with E-state index in [1.54, 1.807) is 26.4 Å². The molecule has 0 unspecified atom stereocenters. The number of methoxy groups -OCH3 is 1. The van der Waals surface area contributed by atoms with E-state index in [4.69, 9.17) is 16.2 Å². The van der Waals surface area contributed by atoms with Gasteiger partial charge >= 0.3 is 11.9 Å². The topological polar surface area (TPSA) is 343 Å². The summed E-state index contributed by atoms with van der Waals surface area (Å²) < 4.78 is 5.81. The second kappa shape index (κ2) is 30.0. The molecule has 0 bridgehead atoms. The number of hydrogen-bond donors (Lipinski definition) is 10. The summed E-state index contributed by atoms with van der Waals surface area (Å²) in [5.41, 5.74) is 12.3. The number of carboxylic acids is 2. The number of carbonyl (C=O) groups is 9. The van der Waals surface area contributed by atoms with E-state index in [1.807, 2.05) is 43.3 Å². The Labute approximate surface area is 412 Å². The van der Waals surface area contributed by atoms with Gasteiger partial charge in [-0.05, 0) is 63.5 Å². The molecular formula is C47H70N10O12S. The van der Waals surface area contributed by atoms with Crippen molar-refractivity contribution in [2.45, 2.75) is 115 Å². The molecule has 12 N–H and O–H groups in total. The third-order valence-electron chi connectivity index (χ3n) is 11.4. The zero-order chi connectivity index (χ0) is 52.7. The van der Waals surface area contributed by atoms with Crippen LogP contribution in [0.2, 0.25) is 0 Å². The minimum absolute atomic E-state index is 0.0128. The second-order valence-corrected chi connectivity index (χ2v) is 17.9. The van der Waals surface area contributed by atoms with Gasteiger partial charge in [0.1, 0.15) is 35.9 Å². The number of carboxylic acid groups (broad SMARTS) is 2. The van der Waals surface area contributed by atoms with Gasteiger partial charge in [-0.1, -0.05) is 74.6 Å². The lowest BCUT2D eigenvalue weighted by Gasteiger charge is -2.27. The quantitative estimate of drug-likeness (QED) is 0.0345. The first-order valence-electron chi connectivity index (χ1n) is 22.7. The van der Waals surface area contributed by atoms with Gasteiger partial charge in [0.25, 0.3) is 5.91 Å². The summed E-state index contributed by atoms with van der Waals surface area (Å²) in [6.07, 6.45) is 5.54. The SMILES string of the molecule is C=C1C(=O)N[C@H](C)C(=O)N[C@@H](CCSC)C(=O)N[C@@H](C(=O)O)CC(=O)N[C@@H](CCCN=C(N)N)C(=O)N[C@@H](/C=C/C(C)=C/[C@H](C)[C@H](Cc2ccccc2)OC)[C@H](C)C(=O)N[C@@H](C(=O)O)CCC(=O)N1C. The number of ether oxygens (including phenoxy) is 1. The molecule has 7 amide bonds. The van der Waals surface area contributed by atoms with Gasteiger partial charge in [0.2, 0.25) is 35.4 Å². The molecule has 1 saturated heterocycles. The Morgan fingerprint density at radius 1 is 0.900 bits per heavy atom. The summed E-state index contributed by atoms with van der Waals surface area (Å²) in [7, 11) is 2.82. The maximum absolute atomic E-state index is 14.3. The number of amides is 7. The summed E-state index contributed by atoms with van der Waals surface area (Å²) in [5.74, 6) is -10.5. The molecular weight excluding hydrogens is 929 g/mol. The number of likely N-dealkylation sites (N-methyl/N-ethyl adjacent to an activating group) is 1. The molecule has 22 nitrogen and oxygen atoms in total. The van der Waals surface area contributed by atoms with E-state index in [2.05, 4.69) is 43.5 Å². The molecule has 23 heteroatoms. The van der Waals surface area contributed by atoms with E-state index in [0.717, 1.165) is 10.5 Å². The number of nitrogens with one attached hydrogen (secondary N) is 6. The zero-order valence-corrected chi connectivity index (χ0v) is 41.6. The first-order valence-corrected chi connectivity index (χ1v) is 24.1.